The Morgan fingerprint density at radius 1 is 1.32 bits per heavy atom. The Labute approximate surface area is 128 Å². The molecule has 0 radical (unpaired) electrons. The molecule has 0 amide bonds. The van der Waals surface area contributed by atoms with Gasteiger partial charge < -0.3 is 0 Å². The summed E-state index contributed by atoms with van der Waals surface area (Å²) in [6, 6.07) is 7.53. The fourth-order valence-corrected chi connectivity index (χ4v) is 3.80. The van der Waals surface area contributed by atoms with Crippen molar-refractivity contribution in [1.29, 1.82) is 0 Å². The molecule has 2 rings (SSSR count). The molecule has 0 saturated heterocycles. The summed E-state index contributed by atoms with van der Waals surface area (Å²) in [4.78, 5) is 12.8. The summed E-state index contributed by atoms with van der Waals surface area (Å²) in [7, 11) is -3.33. The van der Waals surface area contributed by atoms with E-state index < -0.39 is 9.84 Å². The average Bonchev–Trinajstić information content (AvgIpc) is 2.68. The van der Waals surface area contributed by atoms with E-state index >= 15 is 0 Å². The Morgan fingerprint density at radius 2 is 2.00 bits per heavy atom. The van der Waals surface area contributed by atoms with Crippen LogP contribution in [0.5, 0.6) is 0 Å². The molecule has 0 atom stereocenters. The normalized spacial score (nSPS) is 11.5. The highest BCUT2D eigenvalue weighted by atomic mass is 79.9. The molecule has 0 aliphatic rings. The van der Waals surface area contributed by atoms with Gasteiger partial charge in [0, 0.05) is 11.8 Å². The van der Waals surface area contributed by atoms with Crippen LogP contribution in [0.1, 0.15) is 15.2 Å². The molecule has 1 aromatic carbocycles. The minimum absolute atomic E-state index is 0.125. The van der Waals surface area contributed by atoms with Crippen molar-refractivity contribution in [2.24, 2.45) is 0 Å². The lowest BCUT2D eigenvalue weighted by Gasteiger charge is -2.01. The molecule has 0 bridgehead atoms. The molecular formula is C12H8BrClO3S2. The van der Waals surface area contributed by atoms with Gasteiger partial charge in [0.25, 0.3) is 0 Å². The minimum atomic E-state index is -3.33. The summed E-state index contributed by atoms with van der Waals surface area (Å²) >= 11 is 10.3. The lowest BCUT2D eigenvalue weighted by molar-refractivity contribution is 0.104. The van der Waals surface area contributed by atoms with Crippen LogP contribution in [0, 0.1) is 0 Å². The zero-order valence-electron chi connectivity index (χ0n) is 9.68. The quantitative estimate of drug-likeness (QED) is 0.762. The van der Waals surface area contributed by atoms with Crippen LogP contribution >= 0.6 is 38.9 Å². The Morgan fingerprint density at radius 3 is 2.53 bits per heavy atom. The summed E-state index contributed by atoms with van der Waals surface area (Å²) in [6.07, 6.45) is 1.11. The molecule has 1 heterocycles. The molecule has 0 spiro atoms. The second-order valence-electron chi connectivity index (χ2n) is 3.86. The van der Waals surface area contributed by atoms with Gasteiger partial charge in [-0.1, -0.05) is 23.7 Å². The van der Waals surface area contributed by atoms with Crippen LogP contribution in [0.3, 0.4) is 0 Å². The third-order valence-corrected chi connectivity index (χ3v) is 5.98. The molecule has 0 unspecified atom stereocenters. The number of hydrogen-bond acceptors (Lipinski definition) is 4. The third kappa shape index (κ3) is 3.25. The molecule has 0 aliphatic heterocycles. The van der Waals surface area contributed by atoms with E-state index in [1.54, 1.807) is 18.2 Å². The van der Waals surface area contributed by atoms with E-state index in [0.29, 0.717) is 19.2 Å². The summed E-state index contributed by atoms with van der Waals surface area (Å²) in [5, 5.41) is 0.465. The molecule has 0 saturated carbocycles. The van der Waals surface area contributed by atoms with Gasteiger partial charge in [0.15, 0.2) is 9.84 Å². The van der Waals surface area contributed by atoms with Gasteiger partial charge in [0.05, 0.1) is 18.6 Å². The number of thiophene rings is 1. The predicted octanol–water partition coefficient (Wildman–Crippen LogP) is 3.80. The standard InChI is InChI=1S/C12H8BrClO3S2/c1-19(16,17)8-4-2-3-7(5-8)11(15)10-6-9(14)12(13)18-10/h2-6H,1H3. The smallest absolute Gasteiger partial charge is 0.203 e. The fraction of sp³-hybridized carbons (Fsp3) is 0.0833. The van der Waals surface area contributed by atoms with E-state index in [1.807, 2.05) is 0 Å². The van der Waals surface area contributed by atoms with Crippen molar-refractivity contribution in [1.82, 2.24) is 0 Å². The lowest BCUT2D eigenvalue weighted by atomic mass is 10.1. The first-order valence-corrected chi connectivity index (χ1v) is 8.96. The van der Waals surface area contributed by atoms with Gasteiger partial charge in [-0.05, 0) is 34.1 Å². The summed E-state index contributed by atoms with van der Waals surface area (Å²) in [5.74, 6) is -0.247. The van der Waals surface area contributed by atoms with Gasteiger partial charge in [-0.3, -0.25) is 4.79 Å². The van der Waals surface area contributed by atoms with E-state index in [-0.39, 0.29) is 10.7 Å². The van der Waals surface area contributed by atoms with Crippen molar-refractivity contribution in [3.05, 3.63) is 49.6 Å². The summed E-state index contributed by atoms with van der Waals surface area (Å²) in [5.41, 5.74) is 0.327. The van der Waals surface area contributed by atoms with Crippen LogP contribution in [0.15, 0.2) is 39.0 Å². The minimum Gasteiger partial charge on any atom is -0.288 e. The van der Waals surface area contributed by atoms with Gasteiger partial charge in [-0.15, -0.1) is 11.3 Å². The van der Waals surface area contributed by atoms with Crippen molar-refractivity contribution in [2.75, 3.05) is 6.26 Å². The van der Waals surface area contributed by atoms with Crippen molar-refractivity contribution in [2.45, 2.75) is 4.90 Å². The monoisotopic (exact) mass is 378 g/mol. The first kappa shape index (κ1) is 14.7. The van der Waals surface area contributed by atoms with Gasteiger partial charge in [0.1, 0.15) is 0 Å². The van der Waals surface area contributed by atoms with Crippen LogP contribution in [0.4, 0.5) is 0 Å². The first-order valence-electron chi connectivity index (χ1n) is 5.08. The van der Waals surface area contributed by atoms with E-state index in [2.05, 4.69) is 15.9 Å². The van der Waals surface area contributed by atoms with Crippen molar-refractivity contribution in [3.63, 3.8) is 0 Å². The van der Waals surface area contributed by atoms with Gasteiger partial charge in [0.2, 0.25) is 5.78 Å². The second kappa shape index (κ2) is 5.36. The number of rotatable bonds is 3. The molecule has 0 N–H and O–H groups in total. The fourth-order valence-electron chi connectivity index (χ4n) is 1.47. The maximum absolute atomic E-state index is 12.2. The van der Waals surface area contributed by atoms with Crippen molar-refractivity contribution < 1.29 is 13.2 Å². The Hall–Kier alpha value is -0.690. The number of sulfone groups is 1. The number of halogens is 2. The van der Waals surface area contributed by atoms with Gasteiger partial charge in [-0.2, -0.15) is 0 Å². The molecule has 0 fully saturated rings. The van der Waals surface area contributed by atoms with Crippen LogP contribution in [-0.2, 0) is 9.84 Å². The van der Waals surface area contributed by atoms with Gasteiger partial charge >= 0.3 is 0 Å². The Balaban J connectivity index is 2.45. The maximum atomic E-state index is 12.2. The molecule has 0 aliphatic carbocycles. The third-order valence-electron chi connectivity index (χ3n) is 2.39. The van der Waals surface area contributed by atoms with E-state index in [1.165, 1.54) is 23.5 Å². The number of ketones is 1. The summed E-state index contributed by atoms with van der Waals surface area (Å²) < 4.78 is 23.6. The second-order valence-corrected chi connectivity index (χ2v) is 8.65. The molecule has 2 aromatic rings. The molecule has 19 heavy (non-hydrogen) atoms. The van der Waals surface area contributed by atoms with Crippen molar-refractivity contribution >= 4 is 54.5 Å². The topological polar surface area (TPSA) is 51.2 Å². The van der Waals surface area contributed by atoms with Crippen LogP contribution < -0.4 is 0 Å². The highest BCUT2D eigenvalue weighted by molar-refractivity contribution is 9.11. The van der Waals surface area contributed by atoms with E-state index in [4.69, 9.17) is 11.6 Å². The molecule has 100 valence electrons. The molecule has 1 aromatic heterocycles. The van der Waals surface area contributed by atoms with Gasteiger partial charge in [-0.25, -0.2) is 8.42 Å². The number of benzene rings is 1. The lowest BCUT2D eigenvalue weighted by Crippen LogP contribution is -2.02. The van der Waals surface area contributed by atoms with Crippen LogP contribution in [-0.4, -0.2) is 20.5 Å². The number of hydrogen-bond donors (Lipinski definition) is 0. The van der Waals surface area contributed by atoms with Crippen molar-refractivity contribution in [3.8, 4) is 0 Å². The van der Waals surface area contributed by atoms with Crippen LogP contribution in [0.2, 0.25) is 5.02 Å². The maximum Gasteiger partial charge on any atom is 0.203 e. The first-order chi connectivity index (χ1) is 8.79. The number of carbonyl (C=O) groups excluding carboxylic acids is 1. The predicted molar refractivity (Wildman–Crippen MR) is 80.0 cm³/mol. The summed E-state index contributed by atoms with van der Waals surface area (Å²) in [6.45, 7) is 0. The average molecular weight is 380 g/mol. The molecule has 3 nitrogen and oxygen atoms in total. The highest BCUT2D eigenvalue weighted by Gasteiger charge is 2.16. The van der Waals surface area contributed by atoms with E-state index in [9.17, 15) is 13.2 Å². The largest absolute Gasteiger partial charge is 0.288 e. The van der Waals surface area contributed by atoms with E-state index in [0.717, 1.165) is 6.26 Å². The zero-order valence-corrected chi connectivity index (χ0v) is 13.7. The molecular weight excluding hydrogens is 372 g/mol. The Kier molecular flexibility index (Phi) is 4.15. The Bertz CT molecular complexity index is 731. The SMILES string of the molecule is CS(=O)(=O)c1cccc(C(=O)c2cc(Cl)c(Br)s2)c1. The highest BCUT2D eigenvalue weighted by Crippen LogP contribution is 2.33. The zero-order chi connectivity index (χ0) is 14.2. The molecule has 7 heteroatoms. The van der Waals surface area contributed by atoms with Crippen LogP contribution in [0.25, 0.3) is 0 Å². The number of carbonyl (C=O) groups is 1.